The molecular weight excluding hydrogens is 324 g/mol. The van der Waals surface area contributed by atoms with E-state index in [-0.39, 0.29) is 0 Å². The van der Waals surface area contributed by atoms with Crippen LogP contribution in [-0.4, -0.2) is 31.2 Å². The normalized spacial score (nSPS) is 11.3. The Kier molecular flexibility index (Phi) is 5.38. The van der Waals surface area contributed by atoms with Gasteiger partial charge in [0.15, 0.2) is 0 Å². The van der Waals surface area contributed by atoms with Gasteiger partial charge < -0.3 is 4.18 Å². The first-order valence-corrected chi connectivity index (χ1v) is 8.02. The number of carbonyl (C=O) groups is 1. The fourth-order valence-electron chi connectivity index (χ4n) is 1.26. The summed E-state index contributed by atoms with van der Waals surface area (Å²) in [6.07, 6.45) is 0. The fourth-order valence-corrected chi connectivity index (χ4v) is 2.04. The smallest absolute Gasteiger partial charge is 0.310 e. The standard InChI is InChI=1S/C10H8.CH2O8S2/c1-2-6-10-8-4-3-7-9(10)5-1;2-1(10(3,4)5)9-11(6,7)8/h1-8H;(H,3,4,5)(H,6,7,8). The van der Waals surface area contributed by atoms with Crippen LogP contribution in [0.5, 0.6) is 0 Å². The lowest BCUT2D eigenvalue weighted by Crippen LogP contribution is -2.18. The van der Waals surface area contributed by atoms with Crippen LogP contribution in [0.4, 0.5) is 4.79 Å². The van der Waals surface area contributed by atoms with Crippen molar-refractivity contribution in [3.05, 3.63) is 48.5 Å². The molecule has 0 saturated heterocycles. The van der Waals surface area contributed by atoms with Crippen LogP contribution < -0.4 is 0 Å². The third kappa shape index (κ3) is 6.31. The minimum Gasteiger partial charge on any atom is -0.310 e. The molecule has 2 N–H and O–H groups in total. The minimum absolute atomic E-state index is 1.31. The van der Waals surface area contributed by atoms with Gasteiger partial charge in [0.2, 0.25) is 0 Å². The fraction of sp³-hybridized carbons (Fsp3) is 0. The Morgan fingerprint density at radius 2 is 1.14 bits per heavy atom. The van der Waals surface area contributed by atoms with Gasteiger partial charge in [0.05, 0.1) is 0 Å². The van der Waals surface area contributed by atoms with Crippen LogP contribution in [0.2, 0.25) is 0 Å². The molecule has 2 rings (SSSR count). The van der Waals surface area contributed by atoms with Gasteiger partial charge in [-0.1, -0.05) is 48.5 Å². The van der Waals surface area contributed by atoms with Crippen molar-refractivity contribution >= 4 is 36.6 Å². The van der Waals surface area contributed by atoms with Gasteiger partial charge in [0, 0.05) is 0 Å². The van der Waals surface area contributed by atoms with Crippen LogP contribution in [0.1, 0.15) is 0 Å². The zero-order chi connectivity index (χ0) is 16.1. The summed E-state index contributed by atoms with van der Waals surface area (Å²) in [5.41, 5.74) is 0. The molecule has 0 spiro atoms. The molecule has 0 fully saturated rings. The molecule has 0 aliphatic heterocycles. The van der Waals surface area contributed by atoms with E-state index < -0.39 is 25.8 Å². The van der Waals surface area contributed by atoms with Crippen LogP contribution in [0.25, 0.3) is 10.8 Å². The highest BCUT2D eigenvalue weighted by Gasteiger charge is 2.25. The second-order valence-electron chi connectivity index (χ2n) is 3.58. The summed E-state index contributed by atoms with van der Waals surface area (Å²) in [7, 11) is -10.4. The number of carbonyl (C=O) groups excluding carboxylic acids is 1. The van der Waals surface area contributed by atoms with Crippen LogP contribution in [0.15, 0.2) is 48.5 Å². The number of rotatable bonds is 1. The number of hydrogen-bond acceptors (Lipinski definition) is 6. The highest BCUT2D eigenvalue weighted by molar-refractivity contribution is 8.01. The molecule has 0 unspecified atom stereocenters. The Labute approximate surface area is 120 Å². The van der Waals surface area contributed by atoms with Gasteiger partial charge in [-0.05, 0) is 10.8 Å². The maximum absolute atomic E-state index is 9.88. The Bertz CT molecular complexity index is 774. The Morgan fingerprint density at radius 1 is 0.810 bits per heavy atom. The monoisotopic (exact) mass is 334 g/mol. The van der Waals surface area contributed by atoms with Gasteiger partial charge in [0.25, 0.3) is 0 Å². The number of hydrogen-bond donors (Lipinski definition) is 2. The molecule has 21 heavy (non-hydrogen) atoms. The summed E-state index contributed by atoms with van der Waals surface area (Å²) in [5.74, 6) is 0. The average molecular weight is 334 g/mol. The quantitative estimate of drug-likeness (QED) is 0.752. The molecule has 114 valence electrons. The zero-order valence-electron chi connectivity index (χ0n) is 10.3. The van der Waals surface area contributed by atoms with E-state index in [1.54, 1.807) is 0 Å². The summed E-state index contributed by atoms with van der Waals surface area (Å²) in [5, 5.41) is 0.162. The number of benzene rings is 2. The summed E-state index contributed by atoms with van der Waals surface area (Å²) >= 11 is 0. The third-order valence-electron chi connectivity index (χ3n) is 2.04. The largest absolute Gasteiger partial charge is 0.468 e. The van der Waals surface area contributed by atoms with E-state index in [4.69, 9.17) is 9.11 Å². The van der Waals surface area contributed by atoms with E-state index in [2.05, 4.69) is 52.7 Å². The molecule has 0 atom stereocenters. The van der Waals surface area contributed by atoms with E-state index in [9.17, 15) is 21.6 Å². The van der Waals surface area contributed by atoms with Gasteiger partial charge in [-0.15, -0.1) is 0 Å². The summed E-state index contributed by atoms with van der Waals surface area (Å²) in [4.78, 5) is 9.88. The van der Waals surface area contributed by atoms with E-state index in [0.29, 0.717) is 0 Å². The van der Waals surface area contributed by atoms with Crippen LogP contribution >= 0.6 is 0 Å². The highest BCUT2D eigenvalue weighted by Crippen LogP contribution is 2.11. The molecule has 0 bridgehead atoms. The van der Waals surface area contributed by atoms with Crippen LogP contribution in [0.3, 0.4) is 0 Å². The third-order valence-corrected chi connectivity index (χ3v) is 3.01. The van der Waals surface area contributed by atoms with Crippen LogP contribution in [0, 0.1) is 0 Å². The Hall–Kier alpha value is -2.01. The first-order chi connectivity index (χ1) is 9.59. The van der Waals surface area contributed by atoms with Crippen LogP contribution in [-0.2, 0) is 24.7 Å². The van der Waals surface area contributed by atoms with E-state index in [0.717, 1.165) is 0 Å². The molecule has 0 aliphatic rings. The Morgan fingerprint density at radius 3 is 1.33 bits per heavy atom. The van der Waals surface area contributed by atoms with Crippen molar-refractivity contribution in [2.45, 2.75) is 0 Å². The summed E-state index contributed by atoms with van der Waals surface area (Å²) in [6, 6.07) is 16.7. The molecule has 0 amide bonds. The van der Waals surface area contributed by atoms with E-state index >= 15 is 0 Å². The zero-order valence-corrected chi connectivity index (χ0v) is 11.9. The molecular formula is C11H10O8S2. The molecule has 8 nitrogen and oxygen atoms in total. The molecule has 0 aliphatic carbocycles. The maximum Gasteiger partial charge on any atom is 0.468 e. The lowest BCUT2D eigenvalue weighted by atomic mass is 10.1. The van der Waals surface area contributed by atoms with E-state index in [1.807, 2.05) is 0 Å². The van der Waals surface area contributed by atoms with Crippen molar-refractivity contribution in [2.24, 2.45) is 0 Å². The highest BCUT2D eigenvalue weighted by atomic mass is 32.3. The summed E-state index contributed by atoms with van der Waals surface area (Å²) < 4.78 is 57.0. The molecule has 2 aromatic rings. The molecule has 10 heteroatoms. The second-order valence-corrected chi connectivity index (χ2v) is 5.89. The SMILES string of the molecule is O=C(OS(=O)(=O)O)S(=O)(=O)O.c1ccc2ccccc2c1. The maximum atomic E-state index is 9.88. The van der Waals surface area contributed by atoms with Crippen molar-refractivity contribution in [2.75, 3.05) is 0 Å². The van der Waals surface area contributed by atoms with Crippen molar-refractivity contribution in [3.8, 4) is 0 Å². The second kappa shape index (κ2) is 6.63. The molecule has 2 aromatic carbocycles. The van der Waals surface area contributed by atoms with E-state index in [1.165, 1.54) is 10.8 Å². The first kappa shape index (κ1) is 17.0. The van der Waals surface area contributed by atoms with Gasteiger partial charge >= 0.3 is 25.8 Å². The Balaban J connectivity index is 0.000000210. The first-order valence-electron chi connectivity index (χ1n) is 5.22. The van der Waals surface area contributed by atoms with Crippen molar-refractivity contribution in [3.63, 3.8) is 0 Å². The topological polar surface area (TPSA) is 135 Å². The predicted octanol–water partition coefficient (Wildman–Crippen LogP) is 1.65. The molecule has 0 heterocycles. The van der Waals surface area contributed by atoms with Gasteiger partial charge in [-0.2, -0.15) is 16.8 Å². The lowest BCUT2D eigenvalue weighted by Gasteiger charge is -1.94. The molecule has 0 radical (unpaired) electrons. The van der Waals surface area contributed by atoms with Crippen molar-refractivity contribution in [1.29, 1.82) is 0 Å². The van der Waals surface area contributed by atoms with Crippen molar-refractivity contribution < 1.29 is 34.9 Å². The van der Waals surface area contributed by atoms with Gasteiger partial charge in [-0.25, -0.2) is 4.79 Å². The lowest BCUT2D eigenvalue weighted by molar-refractivity contribution is 0.215. The van der Waals surface area contributed by atoms with Gasteiger partial charge in [-0.3, -0.25) is 9.11 Å². The van der Waals surface area contributed by atoms with Gasteiger partial charge in [0.1, 0.15) is 0 Å². The number of fused-ring (bicyclic) bond motifs is 1. The van der Waals surface area contributed by atoms with Crippen molar-refractivity contribution in [1.82, 2.24) is 0 Å². The predicted molar refractivity (Wildman–Crippen MR) is 73.5 cm³/mol. The average Bonchev–Trinajstić information content (AvgIpc) is 2.37. The minimum atomic E-state index is -5.24. The molecule has 0 saturated carbocycles. The molecule has 0 aromatic heterocycles. The summed E-state index contributed by atoms with van der Waals surface area (Å²) in [6.45, 7) is 0.